The van der Waals surface area contributed by atoms with E-state index in [4.69, 9.17) is 18.9 Å². The maximum absolute atomic E-state index is 5.75. The van der Waals surface area contributed by atoms with Crippen molar-refractivity contribution in [3.63, 3.8) is 0 Å². The van der Waals surface area contributed by atoms with Crippen LogP contribution in [0.15, 0.2) is 18.2 Å². The molecule has 0 radical (unpaired) electrons. The van der Waals surface area contributed by atoms with Crippen molar-refractivity contribution in [2.75, 3.05) is 20.8 Å². The molecule has 1 saturated heterocycles. The summed E-state index contributed by atoms with van der Waals surface area (Å²) in [6.07, 6.45) is 0.751. The van der Waals surface area contributed by atoms with E-state index in [1.54, 1.807) is 14.2 Å². The fraction of sp³-hybridized carbons (Fsp3) is 0.538. The lowest BCUT2D eigenvalue weighted by atomic mass is 10.1. The van der Waals surface area contributed by atoms with Gasteiger partial charge in [-0.25, -0.2) is 0 Å². The first-order chi connectivity index (χ1) is 8.21. The van der Waals surface area contributed by atoms with Gasteiger partial charge in [-0.05, 0) is 5.92 Å². The van der Waals surface area contributed by atoms with Crippen LogP contribution in [0.3, 0.4) is 0 Å². The van der Waals surface area contributed by atoms with Crippen molar-refractivity contribution < 1.29 is 18.9 Å². The van der Waals surface area contributed by atoms with E-state index < -0.39 is 0 Å². The van der Waals surface area contributed by atoms with Crippen LogP contribution in [0, 0.1) is 5.92 Å². The molecule has 1 heterocycles. The standard InChI is InChI=1S/C13H18O4/c1-9-4-13(16-8-9)17-12-6-10(14-2)5-11(7-12)15-3/h5-7,9,13H,4,8H2,1-3H3/t9-,13?/m1/s1. The van der Waals surface area contributed by atoms with Crippen molar-refractivity contribution in [3.05, 3.63) is 18.2 Å². The molecule has 0 aromatic heterocycles. The van der Waals surface area contributed by atoms with Gasteiger partial charge in [-0.15, -0.1) is 0 Å². The van der Waals surface area contributed by atoms with Crippen molar-refractivity contribution in [1.29, 1.82) is 0 Å². The van der Waals surface area contributed by atoms with Gasteiger partial charge < -0.3 is 18.9 Å². The van der Waals surface area contributed by atoms with E-state index in [0.717, 1.165) is 13.0 Å². The summed E-state index contributed by atoms with van der Waals surface area (Å²) in [6.45, 7) is 2.90. The van der Waals surface area contributed by atoms with Crippen LogP contribution in [0.5, 0.6) is 17.2 Å². The average Bonchev–Trinajstić information content (AvgIpc) is 2.74. The molecule has 1 aromatic rings. The van der Waals surface area contributed by atoms with Crippen LogP contribution in [0.25, 0.3) is 0 Å². The molecule has 1 unspecified atom stereocenters. The number of ether oxygens (including phenoxy) is 4. The van der Waals surface area contributed by atoms with Crippen LogP contribution in [-0.2, 0) is 4.74 Å². The largest absolute Gasteiger partial charge is 0.496 e. The van der Waals surface area contributed by atoms with Crippen LogP contribution >= 0.6 is 0 Å². The van der Waals surface area contributed by atoms with Crippen LogP contribution in [-0.4, -0.2) is 27.1 Å². The zero-order valence-electron chi connectivity index (χ0n) is 10.4. The summed E-state index contributed by atoms with van der Waals surface area (Å²) in [7, 11) is 3.24. The number of benzene rings is 1. The van der Waals surface area contributed by atoms with E-state index in [1.165, 1.54) is 0 Å². The number of methoxy groups -OCH3 is 2. The molecule has 17 heavy (non-hydrogen) atoms. The molecular weight excluding hydrogens is 220 g/mol. The molecule has 1 aliphatic rings. The third-order valence-electron chi connectivity index (χ3n) is 2.75. The molecule has 2 rings (SSSR count). The highest BCUT2D eigenvalue weighted by molar-refractivity contribution is 5.42. The minimum Gasteiger partial charge on any atom is -0.496 e. The molecule has 1 aliphatic heterocycles. The Labute approximate surface area is 101 Å². The molecule has 4 nitrogen and oxygen atoms in total. The first kappa shape index (κ1) is 12.0. The molecule has 0 bridgehead atoms. The summed E-state index contributed by atoms with van der Waals surface area (Å²) >= 11 is 0. The molecule has 4 heteroatoms. The Morgan fingerprint density at radius 3 is 2.12 bits per heavy atom. The molecule has 1 fully saturated rings. The molecule has 2 atom stereocenters. The predicted octanol–water partition coefficient (Wildman–Crippen LogP) is 2.47. The zero-order chi connectivity index (χ0) is 12.3. The first-order valence-electron chi connectivity index (χ1n) is 5.72. The summed E-state index contributed by atoms with van der Waals surface area (Å²) < 4.78 is 21.6. The molecule has 1 aromatic carbocycles. The molecule has 94 valence electrons. The smallest absolute Gasteiger partial charge is 0.200 e. The van der Waals surface area contributed by atoms with E-state index in [-0.39, 0.29) is 6.29 Å². The minimum absolute atomic E-state index is 0.165. The Balaban J connectivity index is 2.09. The van der Waals surface area contributed by atoms with Gasteiger partial charge in [-0.2, -0.15) is 0 Å². The molecule has 0 N–H and O–H groups in total. The minimum atomic E-state index is -0.165. The van der Waals surface area contributed by atoms with Gasteiger partial charge in [0.25, 0.3) is 0 Å². The van der Waals surface area contributed by atoms with Gasteiger partial charge in [0.1, 0.15) is 17.2 Å². The SMILES string of the molecule is COc1cc(OC)cc(OC2C[C@@H](C)CO2)c1. The fourth-order valence-electron chi connectivity index (χ4n) is 1.82. The van der Waals surface area contributed by atoms with Crippen molar-refractivity contribution in [1.82, 2.24) is 0 Å². The second-order valence-electron chi connectivity index (χ2n) is 4.27. The Hall–Kier alpha value is -1.42. The summed E-state index contributed by atoms with van der Waals surface area (Å²) in [5, 5.41) is 0. The third-order valence-corrected chi connectivity index (χ3v) is 2.75. The first-order valence-corrected chi connectivity index (χ1v) is 5.72. The number of hydrogen-bond acceptors (Lipinski definition) is 4. The predicted molar refractivity (Wildman–Crippen MR) is 63.7 cm³/mol. The van der Waals surface area contributed by atoms with E-state index in [2.05, 4.69) is 6.92 Å². The van der Waals surface area contributed by atoms with E-state index >= 15 is 0 Å². The number of rotatable bonds is 4. The molecule has 0 saturated carbocycles. The van der Waals surface area contributed by atoms with Gasteiger partial charge >= 0.3 is 0 Å². The van der Waals surface area contributed by atoms with Crippen molar-refractivity contribution in [3.8, 4) is 17.2 Å². The summed E-state index contributed by atoms with van der Waals surface area (Å²) in [5.41, 5.74) is 0. The van der Waals surface area contributed by atoms with Gasteiger partial charge in [0.05, 0.1) is 20.8 Å². The monoisotopic (exact) mass is 238 g/mol. The highest BCUT2D eigenvalue weighted by Gasteiger charge is 2.23. The average molecular weight is 238 g/mol. The lowest BCUT2D eigenvalue weighted by Gasteiger charge is -2.14. The molecule has 0 amide bonds. The van der Waals surface area contributed by atoms with Crippen molar-refractivity contribution >= 4 is 0 Å². The van der Waals surface area contributed by atoms with Gasteiger partial charge in [0.15, 0.2) is 6.29 Å². The van der Waals surface area contributed by atoms with Crippen molar-refractivity contribution in [2.24, 2.45) is 5.92 Å². The normalized spacial score (nSPS) is 23.5. The lowest BCUT2D eigenvalue weighted by Crippen LogP contribution is -2.14. The van der Waals surface area contributed by atoms with E-state index in [0.29, 0.717) is 23.2 Å². The topological polar surface area (TPSA) is 36.9 Å². The maximum Gasteiger partial charge on any atom is 0.200 e. The van der Waals surface area contributed by atoms with Gasteiger partial charge in [0.2, 0.25) is 0 Å². The summed E-state index contributed by atoms with van der Waals surface area (Å²) in [4.78, 5) is 0. The quantitative estimate of drug-likeness (QED) is 0.807. The fourth-order valence-corrected chi connectivity index (χ4v) is 1.82. The van der Waals surface area contributed by atoms with Crippen molar-refractivity contribution in [2.45, 2.75) is 19.6 Å². The lowest BCUT2D eigenvalue weighted by molar-refractivity contribution is -0.0395. The second kappa shape index (κ2) is 5.27. The Bertz CT molecular complexity index is 355. The summed E-state index contributed by atoms with van der Waals surface area (Å²) in [6, 6.07) is 5.47. The molecular formula is C13H18O4. The second-order valence-corrected chi connectivity index (χ2v) is 4.27. The Morgan fingerprint density at radius 2 is 1.65 bits per heavy atom. The van der Waals surface area contributed by atoms with Gasteiger partial charge in [0, 0.05) is 24.6 Å². The third kappa shape index (κ3) is 3.03. The van der Waals surface area contributed by atoms with Crippen LogP contribution in [0.1, 0.15) is 13.3 Å². The Kier molecular flexibility index (Phi) is 3.74. The summed E-state index contributed by atoms with van der Waals surface area (Å²) in [5.74, 6) is 2.68. The highest BCUT2D eigenvalue weighted by atomic mass is 16.7. The highest BCUT2D eigenvalue weighted by Crippen LogP contribution is 2.30. The molecule has 0 spiro atoms. The molecule has 0 aliphatic carbocycles. The maximum atomic E-state index is 5.75. The zero-order valence-corrected chi connectivity index (χ0v) is 10.4. The van der Waals surface area contributed by atoms with Crippen LogP contribution in [0.2, 0.25) is 0 Å². The van der Waals surface area contributed by atoms with Gasteiger partial charge in [-0.3, -0.25) is 0 Å². The number of hydrogen-bond donors (Lipinski definition) is 0. The Morgan fingerprint density at radius 1 is 1.06 bits per heavy atom. The van der Waals surface area contributed by atoms with Crippen LogP contribution in [0.4, 0.5) is 0 Å². The van der Waals surface area contributed by atoms with E-state index in [9.17, 15) is 0 Å². The van der Waals surface area contributed by atoms with Crippen LogP contribution < -0.4 is 14.2 Å². The van der Waals surface area contributed by atoms with Gasteiger partial charge in [-0.1, -0.05) is 6.92 Å². The van der Waals surface area contributed by atoms with E-state index in [1.807, 2.05) is 18.2 Å².